The number of nitrogens with two attached hydrogens (primary N) is 1. The van der Waals surface area contributed by atoms with Gasteiger partial charge in [-0.3, -0.25) is 14.6 Å². The number of carbonyl (C=O) groups excluding carboxylic acids is 2. The zero-order chi connectivity index (χ0) is 14.7. The molecule has 102 valence electrons. The Morgan fingerprint density at radius 3 is 2.60 bits per heavy atom. The number of phenolic OH excluding ortho intramolecular Hbond substituents is 1. The molecule has 1 heterocycles. The first-order valence-corrected chi connectivity index (χ1v) is 5.53. The third kappa shape index (κ3) is 2.72. The van der Waals surface area contributed by atoms with Crippen molar-refractivity contribution in [2.24, 2.45) is 5.73 Å². The van der Waals surface area contributed by atoms with E-state index in [1.807, 2.05) is 0 Å². The van der Waals surface area contributed by atoms with Gasteiger partial charge in [-0.05, 0) is 24.3 Å². The molecule has 0 saturated carbocycles. The number of aromatic nitrogens is 1. The van der Waals surface area contributed by atoms with Crippen LogP contribution in [0.3, 0.4) is 0 Å². The van der Waals surface area contributed by atoms with E-state index >= 15 is 0 Å². The first-order chi connectivity index (χ1) is 9.49. The van der Waals surface area contributed by atoms with Crippen molar-refractivity contribution in [3.05, 3.63) is 53.6 Å². The molecule has 0 radical (unpaired) electrons. The predicted molar refractivity (Wildman–Crippen MR) is 68.8 cm³/mol. The van der Waals surface area contributed by atoms with Gasteiger partial charge in [-0.1, -0.05) is 6.07 Å². The van der Waals surface area contributed by atoms with E-state index in [4.69, 9.17) is 5.73 Å². The fourth-order valence-electron chi connectivity index (χ4n) is 1.48. The van der Waals surface area contributed by atoms with Gasteiger partial charge in [0.15, 0.2) is 11.6 Å². The number of halogens is 1. The lowest BCUT2D eigenvalue weighted by atomic mass is 10.2. The van der Waals surface area contributed by atoms with Gasteiger partial charge in [0.25, 0.3) is 11.8 Å². The minimum atomic E-state index is -0.843. The number of hydrogen-bond donors (Lipinski definition) is 3. The summed E-state index contributed by atoms with van der Waals surface area (Å²) in [4.78, 5) is 26.4. The molecule has 20 heavy (non-hydrogen) atoms. The summed E-state index contributed by atoms with van der Waals surface area (Å²) in [6, 6.07) is 6.40. The summed E-state index contributed by atoms with van der Waals surface area (Å²) < 4.78 is 13.1. The van der Waals surface area contributed by atoms with Crippen LogP contribution in [0.25, 0.3) is 0 Å². The molecule has 1 aromatic carbocycles. The summed E-state index contributed by atoms with van der Waals surface area (Å²) >= 11 is 0. The molecule has 0 bridgehead atoms. The average Bonchev–Trinajstić information content (AvgIpc) is 2.44. The van der Waals surface area contributed by atoms with Gasteiger partial charge in [0, 0.05) is 6.20 Å². The Bertz CT molecular complexity index is 671. The minimum Gasteiger partial charge on any atom is -0.503 e. The maximum atomic E-state index is 13.1. The van der Waals surface area contributed by atoms with Gasteiger partial charge >= 0.3 is 0 Å². The number of aromatic hydroxyl groups is 1. The van der Waals surface area contributed by atoms with Crippen LogP contribution in [0.5, 0.6) is 5.75 Å². The normalized spacial score (nSPS) is 10.1. The second kappa shape index (κ2) is 5.35. The Morgan fingerprint density at radius 1 is 1.25 bits per heavy atom. The van der Waals surface area contributed by atoms with Crippen LogP contribution >= 0.6 is 0 Å². The van der Waals surface area contributed by atoms with Gasteiger partial charge in [0.05, 0.1) is 11.3 Å². The van der Waals surface area contributed by atoms with Crippen LogP contribution < -0.4 is 11.1 Å². The van der Waals surface area contributed by atoms with E-state index < -0.39 is 23.4 Å². The Morgan fingerprint density at radius 2 is 2.00 bits per heavy atom. The number of nitrogens with zero attached hydrogens (tertiary/aromatic N) is 1. The molecule has 2 rings (SSSR count). The van der Waals surface area contributed by atoms with Gasteiger partial charge in [-0.25, -0.2) is 4.39 Å². The number of carbonyl (C=O) groups is 2. The number of amides is 2. The second-order valence-electron chi connectivity index (χ2n) is 3.89. The zero-order valence-corrected chi connectivity index (χ0v) is 10.1. The van der Waals surface area contributed by atoms with E-state index in [0.29, 0.717) is 0 Å². The summed E-state index contributed by atoms with van der Waals surface area (Å²) in [5, 5.41) is 11.8. The highest BCUT2D eigenvalue weighted by molar-refractivity contribution is 6.05. The van der Waals surface area contributed by atoms with E-state index in [-0.39, 0.29) is 16.9 Å². The Labute approximate surface area is 113 Å². The van der Waals surface area contributed by atoms with Crippen molar-refractivity contribution in [1.82, 2.24) is 4.98 Å². The summed E-state index contributed by atoms with van der Waals surface area (Å²) in [6.45, 7) is 0. The zero-order valence-electron chi connectivity index (χ0n) is 10.1. The summed E-state index contributed by atoms with van der Waals surface area (Å²) in [5.41, 5.74) is 5.12. The molecule has 0 aliphatic carbocycles. The van der Waals surface area contributed by atoms with Crippen molar-refractivity contribution in [2.45, 2.75) is 0 Å². The Hall–Kier alpha value is -2.96. The number of anilines is 1. The third-order valence-corrected chi connectivity index (χ3v) is 2.51. The summed E-state index contributed by atoms with van der Waals surface area (Å²) in [5.74, 6) is -2.80. The lowest BCUT2D eigenvalue weighted by molar-refractivity contribution is 0.0990. The molecule has 0 spiro atoms. The molecule has 7 heteroatoms. The number of hydrogen-bond acceptors (Lipinski definition) is 4. The summed E-state index contributed by atoms with van der Waals surface area (Å²) in [6.07, 6.45) is 1.16. The molecule has 0 unspecified atom stereocenters. The van der Waals surface area contributed by atoms with E-state index in [1.54, 1.807) is 0 Å². The highest BCUT2D eigenvalue weighted by Gasteiger charge is 2.12. The number of rotatable bonds is 3. The van der Waals surface area contributed by atoms with Gasteiger partial charge in [-0.15, -0.1) is 0 Å². The standard InChI is InChI=1S/C13H10FN3O3/c14-8-2-1-3-9(11(8)18)17-13(20)7-4-5-10(12(15)19)16-6-7/h1-6,18H,(H2,15,19)(H,17,20). The molecule has 2 aromatic rings. The van der Waals surface area contributed by atoms with Crippen molar-refractivity contribution in [1.29, 1.82) is 0 Å². The molecule has 6 nitrogen and oxygen atoms in total. The third-order valence-electron chi connectivity index (χ3n) is 2.51. The van der Waals surface area contributed by atoms with Crippen LogP contribution in [0.1, 0.15) is 20.8 Å². The van der Waals surface area contributed by atoms with E-state index in [0.717, 1.165) is 12.3 Å². The maximum Gasteiger partial charge on any atom is 0.267 e. The molecule has 0 saturated heterocycles. The quantitative estimate of drug-likeness (QED) is 0.733. The SMILES string of the molecule is NC(=O)c1ccc(C(=O)Nc2cccc(F)c2O)cn1. The number of benzene rings is 1. The molecule has 0 fully saturated rings. The van der Waals surface area contributed by atoms with Crippen LogP contribution in [-0.2, 0) is 0 Å². The van der Waals surface area contributed by atoms with Crippen molar-refractivity contribution in [3.8, 4) is 5.75 Å². The predicted octanol–water partition coefficient (Wildman–Crippen LogP) is 1.28. The van der Waals surface area contributed by atoms with Crippen LogP contribution in [0.2, 0.25) is 0 Å². The Kier molecular flexibility index (Phi) is 3.60. The first kappa shape index (κ1) is 13.5. The highest BCUT2D eigenvalue weighted by Crippen LogP contribution is 2.26. The molecule has 0 aliphatic rings. The van der Waals surface area contributed by atoms with Crippen LogP contribution in [0.15, 0.2) is 36.5 Å². The molecule has 1 aromatic heterocycles. The molecular formula is C13H10FN3O3. The fourth-order valence-corrected chi connectivity index (χ4v) is 1.48. The lowest BCUT2D eigenvalue weighted by Crippen LogP contribution is -2.16. The Balaban J connectivity index is 2.20. The van der Waals surface area contributed by atoms with Gasteiger partial charge in [0.1, 0.15) is 5.69 Å². The number of para-hydroxylation sites is 1. The van der Waals surface area contributed by atoms with Gasteiger partial charge in [0.2, 0.25) is 0 Å². The van der Waals surface area contributed by atoms with Crippen molar-refractivity contribution in [2.75, 3.05) is 5.32 Å². The second-order valence-corrected chi connectivity index (χ2v) is 3.89. The average molecular weight is 275 g/mol. The van der Waals surface area contributed by atoms with Crippen molar-refractivity contribution in [3.63, 3.8) is 0 Å². The highest BCUT2D eigenvalue weighted by atomic mass is 19.1. The smallest absolute Gasteiger partial charge is 0.267 e. The van der Waals surface area contributed by atoms with E-state index in [2.05, 4.69) is 10.3 Å². The first-order valence-electron chi connectivity index (χ1n) is 5.53. The van der Waals surface area contributed by atoms with Crippen molar-refractivity contribution >= 4 is 17.5 Å². The monoisotopic (exact) mass is 275 g/mol. The van der Waals surface area contributed by atoms with Gasteiger partial charge in [-0.2, -0.15) is 0 Å². The molecule has 4 N–H and O–H groups in total. The van der Waals surface area contributed by atoms with Crippen LogP contribution in [-0.4, -0.2) is 21.9 Å². The van der Waals surface area contributed by atoms with Gasteiger partial charge < -0.3 is 16.2 Å². The van der Waals surface area contributed by atoms with Crippen LogP contribution in [0, 0.1) is 5.82 Å². The topological polar surface area (TPSA) is 105 Å². The maximum absolute atomic E-state index is 13.1. The number of phenols is 1. The molecule has 2 amide bonds. The van der Waals surface area contributed by atoms with E-state index in [1.165, 1.54) is 24.3 Å². The molecular weight excluding hydrogens is 265 g/mol. The molecule has 0 atom stereocenters. The van der Waals surface area contributed by atoms with Crippen molar-refractivity contribution < 1.29 is 19.1 Å². The van der Waals surface area contributed by atoms with E-state index in [9.17, 15) is 19.1 Å². The molecule has 0 aliphatic heterocycles. The largest absolute Gasteiger partial charge is 0.503 e. The fraction of sp³-hybridized carbons (Fsp3) is 0. The minimum absolute atomic E-state index is 0.0233. The number of pyridine rings is 1. The number of primary amides is 1. The lowest BCUT2D eigenvalue weighted by Gasteiger charge is -2.07. The summed E-state index contributed by atoms with van der Waals surface area (Å²) in [7, 11) is 0. The van der Waals surface area contributed by atoms with Crippen LogP contribution in [0.4, 0.5) is 10.1 Å². The number of nitrogens with one attached hydrogen (secondary N) is 1.